The predicted molar refractivity (Wildman–Crippen MR) is 84.5 cm³/mol. The molecule has 2 aromatic rings. The van der Waals surface area contributed by atoms with Gasteiger partial charge in [-0.3, -0.25) is 14.6 Å². The lowest BCUT2D eigenvalue weighted by Gasteiger charge is -2.07. The van der Waals surface area contributed by atoms with Crippen molar-refractivity contribution in [1.82, 2.24) is 15.6 Å². The lowest BCUT2D eigenvalue weighted by atomic mass is 10.2. The normalized spacial score (nSPS) is 10.0. The highest BCUT2D eigenvalue weighted by molar-refractivity contribution is 5.98. The van der Waals surface area contributed by atoms with Crippen LogP contribution in [0.3, 0.4) is 0 Å². The van der Waals surface area contributed by atoms with Crippen LogP contribution in [0.15, 0.2) is 48.7 Å². The zero-order valence-corrected chi connectivity index (χ0v) is 12.5. The second-order valence-electron chi connectivity index (χ2n) is 4.85. The number of rotatable bonds is 6. The number of nitrogens with one attached hydrogen (secondary N) is 2. The summed E-state index contributed by atoms with van der Waals surface area (Å²) in [7, 11) is 0. The van der Waals surface area contributed by atoms with Crippen LogP contribution >= 0.6 is 0 Å². The number of aromatic nitrogens is 1. The van der Waals surface area contributed by atoms with Gasteiger partial charge in [0.25, 0.3) is 11.8 Å². The van der Waals surface area contributed by atoms with Crippen molar-refractivity contribution in [3.8, 4) is 0 Å². The molecule has 1 aromatic carbocycles. The van der Waals surface area contributed by atoms with Gasteiger partial charge in [-0.2, -0.15) is 0 Å². The molecule has 0 aliphatic heterocycles. The third-order valence-electron chi connectivity index (χ3n) is 3.09. The maximum Gasteiger partial charge on any atom is 0.270 e. The van der Waals surface area contributed by atoms with Gasteiger partial charge >= 0.3 is 0 Å². The standard InChI is InChI=1S/C17H19N3O2/c1-2-9-19-16(21)14-8-10-18-15(11-14)17(22)20-12-13-6-4-3-5-7-13/h3-8,10-11H,2,9,12H2,1H3,(H,19,21)(H,20,22). The Kier molecular flexibility index (Phi) is 5.65. The first-order valence-electron chi connectivity index (χ1n) is 7.27. The van der Waals surface area contributed by atoms with Crippen molar-refractivity contribution in [2.45, 2.75) is 19.9 Å². The van der Waals surface area contributed by atoms with Crippen molar-refractivity contribution in [2.75, 3.05) is 6.54 Å². The van der Waals surface area contributed by atoms with E-state index in [1.807, 2.05) is 37.3 Å². The van der Waals surface area contributed by atoms with E-state index in [4.69, 9.17) is 0 Å². The first kappa shape index (κ1) is 15.7. The van der Waals surface area contributed by atoms with E-state index >= 15 is 0 Å². The highest BCUT2D eigenvalue weighted by Crippen LogP contribution is 2.03. The van der Waals surface area contributed by atoms with Crippen molar-refractivity contribution < 1.29 is 9.59 Å². The van der Waals surface area contributed by atoms with Crippen molar-refractivity contribution in [3.05, 3.63) is 65.5 Å². The minimum absolute atomic E-state index is 0.193. The molecule has 5 nitrogen and oxygen atoms in total. The molecule has 22 heavy (non-hydrogen) atoms. The second-order valence-corrected chi connectivity index (χ2v) is 4.85. The van der Waals surface area contributed by atoms with Crippen LogP contribution in [0.2, 0.25) is 0 Å². The van der Waals surface area contributed by atoms with Gasteiger partial charge in [-0.15, -0.1) is 0 Å². The molecule has 1 heterocycles. The third kappa shape index (κ3) is 4.41. The minimum atomic E-state index is -0.297. The molecule has 0 aliphatic carbocycles. The Bertz CT molecular complexity index is 641. The average molecular weight is 297 g/mol. The van der Waals surface area contributed by atoms with E-state index in [1.165, 1.54) is 12.3 Å². The molecule has 2 N–H and O–H groups in total. The van der Waals surface area contributed by atoms with E-state index in [9.17, 15) is 9.59 Å². The summed E-state index contributed by atoms with van der Waals surface area (Å²) in [6, 6.07) is 12.7. The second kappa shape index (κ2) is 7.93. The minimum Gasteiger partial charge on any atom is -0.352 e. The number of carbonyl (C=O) groups excluding carboxylic acids is 2. The summed E-state index contributed by atoms with van der Waals surface area (Å²) in [5.41, 5.74) is 1.68. The van der Waals surface area contributed by atoms with E-state index in [-0.39, 0.29) is 17.5 Å². The average Bonchev–Trinajstić information content (AvgIpc) is 2.58. The van der Waals surface area contributed by atoms with Crippen LogP contribution < -0.4 is 10.6 Å². The van der Waals surface area contributed by atoms with Gasteiger partial charge in [0.2, 0.25) is 0 Å². The molecule has 2 amide bonds. The molecular weight excluding hydrogens is 278 g/mol. The lowest BCUT2D eigenvalue weighted by Crippen LogP contribution is -2.26. The Morgan fingerprint density at radius 1 is 1.05 bits per heavy atom. The number of hydrogen-bond donors (Lipinski definition) is 2. The van der Waals surface area contributed by atoms with E-state index in [0.29, 0.717) is 18.7 Å². The summed E-state index contributed by atoms with van der Waals surface area (Å²) in [6.07, 6.45) is 2.33. The molecule has 2 rings (SSSR count). The smallest absolute Gasteiger partial charge is 0.270 e. The Hall–Kier alpha value is -2.69. The van der Waals surface area contributed by atoms with Crippen LogP contribution in [0.25, 0.3) is 0 Å². The molecule has 0 saturated carbocycles. The maximum atomic E-state index is 12.1. The maximum absolute atomic E-state index is 12.1. The predicted octanol–water partition coefficient (Wildman–Crippen LogP) is 2.15. The topological polar surface area (TPSA) is 71.1 Å². The van der Waals surface area contributed by atoms with Crippen molar-refractivity contribution in [2.24, 2.45) is 0 Å². The summed E-state index contributed by atoms with van der Waals surface area (Å²) in [6.45, 7) is 3.01. The van der Waals surface area contributed by atoms with E-state index < -0.39 is 0 Å². The zero-order chi connectivity index (χ0) is 15.8. The summed E-state index contributed by atoms with van der Waals surface area (Å²) >= 11 is 0. The quantitative estimate of drug-likeness (QED) is 0.858. The Balaban J connectivity index is 1.99. The highest BCUT2D eigenvalue weighted by Gasteiger charge is 2.11. The molecule has 1 aromatic heterocycles. The summed E-state index contributed by atoms with van der Waals surface area (Å²) < 4.78 is 0. The molecule has 0 unspecified atom stereocenters. The van der Waals surface area contributed by atoms with E-state index in [0.717, 1.165) is 12.0 Å². The largest absolute Gasteiger partial charge is 0.352 e. The fourth-order valence-electron chi connectivity index (χ4n) is 1.91. The molecule has 114 valence electrons. The molecule has 0 aliphatic rings. The van der Waals surface area contributed by atoms with Gasteiger partial charge in [-0.05, 0) is 24.1 Å². The Morgan fingerprint density at radius 2 is 1.82 bits per heavy atom. The number of nitrogens with zero attached hydrogens (tertiary/aromatic N) is 1. The van der Waals surface area contributed by atoms with Gasteiger partial charge in [-0.25, -0.2) is 0 Å². The van der Waals surface area contributed by atoms with Gasteiger partial charge in [0, 0.05) is 24.8 Å². The van der Waals surface area contributed by atoms with Crippen LogP contribution in [0, 0.1) is 0 Å². The molecular formula is C17H19N3O2. The number of carbonyl (C=O) groups is 2. The summed E-state index contributed by atoms with van der Waals surface area (Å²) in [5.74, 6) is -0.490. The Morgan fingerprint density at radius 3 is 2.55 bits per heavy atom. The number of benzene rings is 1. The van der Waals surface area contributed by atoms with Gasteiger partial charge in [0.05, 0.1) is 0 Å². The summed E-state index contributed by atoms with van der Waals surface area (Å²) in [4.78, 5) is 28.0. The molecule has 0 saturated heterocycles. The van der Waals surface area contributed by atoms with Crippen LogP contribution in [0.1, 0.15) is 39.8 Å². The molecule has 0 radical (unpaired) electrons. The molecule has 5 heteroatoms. The van der Waals surface area contributed by atoms with Crippen LogP contribution in [0.5, 0.6) is 0 Å². The van der Waals surface area contributed by atoms with Crippen molar-refractivity contribution >= 4 is 11.8 Å². The van der Waals surface area contributed by atoms with Crippen molar-refractivity contribution in [1.29, 1.82) is 0 Å². The van der Waals surface area contributed by atoms with Crippen molar-refractivity contribution in [3.63, 3.8) is 0 Å². The van der Waals surface area contributed by atoms with Crippen LogP contribution in [-0.4, -0.2) is 23.3 Å². The first-order valence-corrected chi connectivity index (χ1v) is 7.27. The SMILES string of the molecule is CCCNC(=O)c1ccnc(C(=O)NCc2ccccc2)c1. The van der Waals surface area contributed by atoms with Gasteiger partial charge in [0.1, 0.15) is 5.69 Å². The molecule has 0 bridgehead atoms. The molecule has 0 fully saturated rings. The van der Waals surface area contributed by atoms with Gasteiger partial charge < -0.3 is 10.6 Å². The number of hydrogen-bond acceptors (Lipinski definition) is 3. The lowest BCUT2D eigenvalue weighted by molar-refractivity contribution is 0.0946. The number of amides is 2. The highest BCUT2D eigenvalue weighted by atomic mass is 16.2. The van der Waals surface area contributed by atoms with E-state index in [1.54, 1.807) is 6.07 Å². The van der Waals surface area contributed by atoms with Crippen LogP contribution in [0.4, 0.5) is 0 Å². The fraction of sp³-hybridized carbons (Fsp3) is 0.235. The Labute approximate surface area is 129 Å². The monoisotopic (exact) mass is 297 g/mol. The van der Waals surface area contributed by atoms with Gasteiger partial charge in [-0.1, -0.05) is 37.3 Å². The van der Waals surface area contributed by atoms with E-state index in [2.05, 4.69) is 15.6 Å². The molecule has 0 spiro atoms. The molecule has 0 atom stereocenters. The third-order valence-corrected chi connectivity index (χ3v) is 3.09. The van der Waals surface area contributed by atoms with Gasteiger partial charge in [0.15, 0.2) is 0 Å². The van der Waals surface area contributed by atoms with Crippen LogP contribution in [-0.2, 0) is 6.54 Å². The zero-order valence-electron chi connectivity index (χ0n) is 12.5. The number of pyridine rings is 1. The first-order chi connectivity index (χ1) is 10.7. The fourth-order valence-corrected chi connectivity index (χ4v) is 1.91. The summed E-state index contributed by atoms with van der Waals surface area (Å²) in [5, 5.41) is 5.57.